The predicted octanol–water partition coefficient (Wildman–Crippen LogP) is 2.46. The minimum absolute atomic E-state index is 0.330. The van der Waals surface area contributed by atoms with Crippen LogP contribution in [0.5, 0.6) is 0 Å². The quantitative estimate of drug-likeness (QED) is 0.800. The van der Waals surface area contributed by atoms with Crippen molar-refractivity contribution >= 4 is 0 Å². The Hall–Kier alpha value is -1.47. The summed E-state index contributed by atoms with van der Waals surface area (Å²) in [6.45, 7) is 12.4. The monoisotopic (exact) mass is 263 g/mol. The molecule has 0 radical (unpaired) electrons. The minimum atomic E-state index is 0.330. The fourth-order valence-corrected chi connectivity index (χ4v) is 2.50. The van der Waals surface area contributed by atoms with E-state index in [-0.39, 0.29) is 0 Å². The third kappa shape index (κ3) is 3.74. The van der Waals surface area contributed by atoms with E-state index in [1.165, 1.54) is 12.8 Å². The molecule has 0 aromatic rings. The number of rotatable bonds is 6. The molecule has 1 atom stereocenters. The maximum Gasteiger partial charge on any atom is 0.404 e. The molecule has 0 unspecified atom stereocenters. The van der Waals surface area contributed by atoms with Gasteiger partial charge >= 0.3 is 5.82 Å². The SMILES string of the molecule is C#[N+]C1=C(/C=C\C)N(C)CCN1[C@@H](CN)CCCC. The topological polar surface area (TPSA) is 36.9 Å². The van der Waals surface area contributed by atoms with Crippen LogP contribution >= 0.6 is 0 Å². The standard InChI is InChI=1S/C15H27N4/c1-5-7-9-13(12-16)19-11-10-18(4)14(8-6-2)15(19)17-3/h3,6,8,13H,5,7,9-12,16H2,1-2,4H3/q+1/b8-6-/t13-/m1/s1. The highest BCUT2D eigenvalue weighted by molar-refractivity contribution is 5.30. The Morgan fingerprint density at radius 1 is 1.47 bits per heavy atom. The van der Waals surface area contributed by atoms with Crippen molar-refractivity contribution in [2.24, 2.45) is 5.73 Å². The molecule has 1 aliphatic heterocycles. The first-order chi connectivity index (χ1) is 9.19. The molecule has 1 aliphatic rings. The van der Waals surface area contributed by atoms with E-state index in [1.807, 2.05) is 13.0 Å². The van der Waals surface area contributed by atoms with Gasteiger partial charge in [0.1, 0.15) is 24.9 Å². The van der Waals surface area contributed by atoms with E-state index < -0.39 is 0 Å². The normalized spacial score (nSPS) is 18.1. The third-order valence-corrected chi connectivity index (χ3v) is 3.64. The van der Waals surface area contributed by atoms with Gasteiger partial charge in [0.05, 0.1) is 6.54 Å². The van der Waals surface area contributed by atoms with Gasteiger partial charge in [-0.05, 0) is 25.8 Å². The second-order valence-electron chi connectivity index (χ2n) is 4.98. The molecule has 0 saturated heterocycles. The zero-order chi connectivity index (χ0) is 14.3. The van der Waals surface area contributed by atoms with Gasteiger partial charge in [-0.2, -0.15) is 4.85 Å². The minimum Gasteiger partial charge on any atom is -0.363 e. The summed E-state index contributed by atoms with van der Waals surface area (Å²) in [5.41, 5.74) is 7.01. The highest BCUT2D eigenvalue weighted by Crippen LogP contribution is 2.25. The second-order valence-corrected chi connectivity index (χ2v) is 4.98. The molecule has 0 bridgehead atoms. The first-order valence-corrected chi connectivity index (χ1v) is 7.15. The van der Waals surface area contributed by atoms with E-state index in [0.29, 0.717) is 12.6 Å². The van der Waals surface area contributed by atoms with Crippen LogP contribution in [0.25, 0.3) is 4.85 Å². The summed E-state index contributed by atoms with van der Waals surface area (Å²) in [6, 6.07) is 0.330. The van der Waals surface area contributed by atoms with Crippen LogP contribution in [0.2, 0.25) is 0 Å². The summed E-state index contributed by atoms with van der Waals surface area (Å²) < 4.78 is 0. The smallest absolute Gasteiger partial charge is 0.363 e. The van der Waals surface area contributed by atoms with Gasteiger partial charge in [0.2, 0.25) is 0 Å². The number of hydrogen-bond acceptors (Lipinski definition) is 3. The zero-order valence-electron chi connectivity index (χ0n) is 12.5. The van der Waals surface area contributed by atoms with Gasteiger partial charge in [0.15, 0.2) is 0 Å². The summed E-state index contributed by atoms with van der Waals surface area (Å²) in [5, 5.41) is 0. The van der Waals surface area contributed by atoms with E-state index >= 15 is 0 Å². The molecule has 0 aliphatic carbocycles. The van der Waals surface area contributed by atoms with Crippen molar-refractivity contribution in [3.05, 3.63) is 28.5 Å². The van der Waals surface area contributed by atoms with Gasteiger partial charge in [0, 0.05) is 13.6 Å². The van der Waals surface area contributed by atoms with Gasteiger partial charge in [-0.3, -0.25) is 0 Å². The number of hydrogen-bond donors (Lipinski definition) is 1. The Bertz CT molecular complexity index is 378. The highest BCUT2D eigenvalue weighted by atomic mass is 15.3. The van der Waals surface area contributed by atoms with Crippen molar-refractivity contribution in [3.8, 4) is 6.57 Å². The Morgan fingerprint density at radius 2 is 2.21 bits per heavy atom. The van der Waals surface area contributed by atoms with Crippen LogP contribution < -0.4 is 5.73 Å². The second kappa shape index (κ2) is 7.85. The van der Waals surface area contributed by atoms with E-state index in [1.54, 1.807) is 0 Å². The molecule has 2 N–H and O–H groups in total. The highest BCUT2D eigenvalue weighted by Gasteiger charge is 2.35. The number of unbranched alkanes of at least 4 members (excludes halogenated alkanes) is 1. The van der Waals surface area contributed by atoms with E-state index in [4.69, 9.17) is 12.3 Å². The molecule has 0 fully saturated rings. The van der Waals surface area contributed by atoms with Gasteiger partial charge in [-0.15, -0.1) is 0 Å². The van der Waals surface area contributed by atoms with Gasteiger partial charge < -0.3 is 10.6 Å². The molecular formula is C15H27N4+. The van der Waals surface area contributed by atoms with Crippen LogP contribution in [-0.4, -0.2) is 42.5 Å². The fraction of sp³-hybridized carbons (Fsp3) is 0.667. The van der Waals surface area contributed by atoms with E-state index in [0.717, 1.165) is 31.0 Å². The Kier molecular flexibility index (Phi) is 6.44. The Morgan fingerprint density at radius 3 is 2.74 bits per heavy atom. The van der Waals surface area contributed by atoms with Crippen LogP contribution in [0, 0.1) is 6.57 Å². The van der Waals surface area contributed by atoms with Crippen LogP contribution in [0.4, 0.5) is 0 Å². The molecule has 106 valence electrons. The van der Waals surface area contributed by atoms with Crippen LogP contribution in [0.3, 0.4) is 0 Å². The number of nitrogens with two attached hydrogens (primary N) is 1. The summed E-state index contributed by atoms with van der Waals surface area (Å²) in [6.07, 6.45) is 7.55. The lowest BCUT2D eigenvalue weighted by Crippen LogP contribution is -2.47. The molecule has 4 heteroatoms. The Balaban J connectivity index is 3.02. The van der Waals surface area contributed by atoms with Crippen molar-refractivity contribution in [2.45, 2.75) is 39.2 Å². The van der Waals surface area contributed by atoms with E-state index in [2.05, 4.69) is 34.7 Å². The average Bonchev–Trinajstić information content (AvgIpc) is 2.43. The summed E-state index contributed by atoms with van der Waals surface area (Å²) in [7, 11) is 2.07. The van der Waals surface area contributed by atoms with Crippen LogP contribution in [0.1, 0.15) is 33.1 Å². The molecule has 0 amide bonds. The maximum absolute atomic E-state index is 5.94. The zero-order valence-corrected chi connectivity index (χ0v) is 12.5. The average molecular weight is 263 g/mol. The van der Waals surface area contributed by atoms with Crippen LogP contribution in [0.15, 0.2) is 23.7 Å². The number of allylic oxidation sites excluding steroid dienone is 2. The molecule has 0 aromatic carbocycles. The summed E-state index contributed by atoms with van der Waals surface area (Å²) >= 11 is 0. The first kappa shape index (κ1) is 15.6. The maximum atomic E-state index is 5.94. The van der Waals surface area contributed by atoms with Gasteiger partial charge in [0.25, 0.3) is 0 Å². The summed E-state index contributed by atoms with van der Waals surface area (Å²) in [4.78, 5) is 8.47. The van der Waals surface area contributed by atoms with Gasteiger partial charge in [-0.1, -0.05) is 19.4 Å². The van der Waals surface area contributed by atoms with Crippen molar-refractivity contribution in [1.82, 2.24) is 9.80 Å². The lowest BCUT2D eigenvalue weighted by Gasteiger charge is -2.33. The fourth-order valence-electron chi connectivity index (χ4n) is 2.50. The Labute approximate surface area is 117 Å². The van der Waals surface area contributed by atoms with Crippen LogP contribution in [-0.2, 0) is 0 Å². The van der Waals surface area contributed by atoms with Crippen molar-refractivity contribution < 1.29 is 0 Å². The van der Waals surface area contributed by atoms with Crippen molar-refractivity contribution in [1.29, 1.82) is 0 Å². The molecule has 4 nitrogen and oxygen atoms in total. The number of likely N-dealkylation sites (N-methyl/N-ethyl adjacent to an activating group) is 1. The molecule has 19 heavy (non-hydrogen) atoms. The van der Waals surface area contributed by atoms with E-state index in [9.17, 15) is 0 Å². The van der Waals surface area contributed by atoms with Crippen molar-refractivity contribution in [2.75, 3.05) is 26.7 Å². The largest absolute Gasteiger partial charge is 0.404 e. The molecular weight excluding hydrogens is 236 g/mol. The van der Waals surface area contributed by atoms with Crippen molar-refractivity contribution in [3.63, 3.8) is 0 Å². The molecule has 1 rings (SSSR count). The number of nitrogens with zero attached hydrogens (tertiary/aromatic N) is 3. The lowest BCUT2D eigenvalue weighted by atomic mass is 10.1. The molecule has 0 spiro atoms. The molecule has 0 saturated carbocycles. The predicted molar refractivity (Wildman–Crippen MR) is 81.8 cm³/mol. The first-order valence-electron chi connectivity index (χ1n) is 7.15. The molecule has 1 heterocycles. The van der Waals surface area contributed by atoms with Gasteiger partial charge in [-0.25, -0.2) is 4.90 Å². The lowest BCUT2D eigenvalue weighted by molar-refractivity contribution is 0.194. The molecule has 0 aromatic heterocycles. The third-order valence-electron chi connectivity index (χ3n) is 3.64. The summed E-state index contributed by atoms with van der Waals surface area (Å²) in [5.74, 6) is 0.860.